The number of hydrogen-bond donors (Lipinski definition) is 2. The van der Waals surface area contributed by atoms with E-state index < -0.39 is 11.4 Å². The van der Waals surface area contributed by atoms with E-state index in [1.165, 1.54) is 18.1 Å². The van der Waals surface area contributed by atoms with Crippen molar-refractivity contribution in [3.05, 3.63) is 92.8 Å². The summed E-state index contributed by atoms with van der Waals surface area (Å²) in [6, 6.07) is 18.3. The molecule has 0 radical (unpaired) electrons. The topological polar surface area (TPSA) is 126 Å². The minimum absolute atomic E-state index is 0.382. The molecule has 4 aromatic rings. The second-order valence-corrected chi connectivity index (χ2v) is 11.5. The van der Waals surface area contributed by atoms with Crippen LogP contribution in [0.3, 0.4) is 0 Å². The first-order chi connectivity index (χ1) is 19.3. The fourth-order valence-electron chi connectivity index (χ4n) is 5.04. The molecule has 0 spiro atoms. The Hall–Kier alpha value is -3.80. The number of hydrogen-bond acceptors (Lipinski definition) is 8. The smallest absolute Gasteiger partial charge is 0.286 e. The number of carbonyl (C=O) groups is 2. The van der Waals surface area contributed by atoms with Gasteiger partial charge in [-0.1, -0.05) is 29.8 Å². The average molecular weight is 635 g/mol. The number of primary amides is 1. The lowest BCUT2D eigenvalue weighted by molar-refractivity contribution is -0.127. The molecule has 40 heavy (non-hydrogen) atoms. The second kappa shape index (κ2) is 10.6. The molecule has 200 valence electrons. The number of fused-ring (bicyclic) bond motifs is 1. The lowest BCUT2D eigenvalue weighted by atomic mass is 9.86. The summed E-state index contributed by atoms with van der Waals surface area (Å²) in [5.74, 6) is -0.341. The van der Waals surface area contributed by atoms with Crippen molar-refractivity contribution in [3.8, 4) is 0 Å². The molecule has 2 aromatic heterocycles. The summed E-state index contributed by atoms with van der Waals surface area (Å²) in [7, 11) is 0. The maximum atomic E-state index is 13.3. The van der Waals surface area contributed by atoms with Gasteiger partial charge in [0.2, 0.25) is 5.91 Å². The Labute approximate surface area is 247 Å². The fraction of sp³-hybridized carbons (Fsp3) is 0.143. The molecular weight excluding hydrogens is 614 g/mol. The van der Waals surface area contributed by atoms with E-state index in [0.29, 0.717) is 67.1 Å². The molecule has 12 heteroatoms. The number of carbonyl (C=O) groups excluding carboxylic acids is 2. The van der Waals surface area contributed by atoms with Crippen molar-refractivity contribution in [1.82, 2.24) is 19.9 Å². The van der Waals surface area contributed by atoms with E-state index in [0.717, 1.165) is 5.69 Å². The number of benzene rings is 2. The SMILES string of the molecule is NC(=O)C1(c2ccc3ncnc(Nc4cccc(Cl)c4)c3c2)CCCN1C1=NC(=O)C(=Cc2cccc(Br)n2)S1. The summed E-state index contributed by atoms with van der Waals surface area (Å²) in [6.07, 6.45) is 4.33. The van der Waals surface area contributed by atoms with Gasteiger partial charge in [0.15, 0.2) is 5.17 Å². The minimum Gasteiger partial charge on any atom is -0.367 e. The van der Waals surface area contributed by atoms with E-state index in [9.17, 15) is 9.59 Å². The third kappa shape index (κ3) is 4.85. The van der Waals surface area contributed by atoms with Crippen LogP contribution < -0.4 is 11.1 Å². The van der Waals surface area contributed by atoms with Crippen LogP contribution in [-0.4, -0.2) is 43.4 Å². The highest BCUT2D eigenvalue weighted by atomic mass is 79.9. The molecular formula is C28H21BrClN7O2S. The van der Waals surface area contributed by atoms with Crippen molar-refractivity contribution in [3.63, 3.8) is 0 Å². The van der Waals surface area contributed by atoms with Gasteiger partial charge in [-0.3, -0.25) is 9.59 Å². The van der Waals surface area contributed by atoms with Crippen molar-refractivity contribution < 1.29 is 9.59 Å². The molecule has 0 bridgehead atoms. The van der Waals surface area contributed by atoms with E-state index in [2.05, 4.69) is 41.2 Å². The maximum Gasteiger partial charge on any atom is 0.286 e. The van der Waals surface area contributed by atoms with Crippen LogP contribution in [0, 0.1) is 0 Å². The highest BCUT2D eigenvalue weighted by Gasteiger charge is 2.50. The highest BCUT2D eigenvalue weighted by molar-refractivity contribution is 9.10. The van der Waals surface area contributed by atoms with Gasteiger partial charge in [0.25, 0.3) is 5.91 Å². The van der Waals surface area contributed by atoms with Gasteiger partial charge < -0.3 is 16.0 Å². The van der Waals surface area contributed by atoms with Crippen LogP contribution in [0.15, 0.2) is 81.5 Å². The zero-order chi connectivity index (χ0) is 27.9. The number of amidine groups is 1. The summed E-state index contributed by atoms with van der Waals surface area (Å²) in [4.78, 5) is 46.0. The molecule has 3 N–H and O–H groups in total. The molecule has 1 saturated heterocycles. The molecule has 2 aliphatic rings. The number of likely N-dealkylation sites (tertiary alicyclic amines) is 1. The summed E-state index contributed by atoms with van der Waals surface area (Å²) in [5, 5.41) is 5.04. The number of anilines is 2. The third-order valence-electron chi connectivity index (χ3n) is 6.84. The second-order valence-electron chi connectivity index (χ2n) is 9.26. The maximum absolute atomic E-state index is 13.3. The van der Waals surface area contributed by atoms with Crippen LogP contribution >= 0.6 is 39.3 Å². The van der Waals surface area contributed by atoms with Crippen LogP contribution in [0.4, 0.5) is 11.5 Å². The van der Waals surface area contributed by atoms with Crippen molar-refractivity contribution in [1.29, 1.82) is 0 Å². The number of aliphatic imine (C=N–C) groups is 1. The highest BCUT2D eigenvalue weighted by Crippen LogP contribution is 2.44. The van der Waals surface area contributed by atoms with Crippen LogP contribution in [0.2, 0.25) is 5.02 Å². The van der Waals surface area contributed by atoms with Gasteiger partial charge in [-0.15, -0.1) is 0 Å². The van der Waals surface area contributed by atoms with Gasteiger partial charge in [0, 0.05) is 22.6 Å². The number of nitrogens with two attached hydrogens (primary N) is 1. The van der Waals surface area contributed by atoms with Gasteiger partial charge in [-0.05, 0) is 94.6 Å². The number of pyridine rings is 1. The number of rotatable bonds is 5. The number of aromatic nitrogens is 3. The van der Waals surface area contributed by atoms with Crippen LogP contribution in [0.25, 0.3) is 17.0 Å². The molecule has 1 fully saturated rings. The molecule has 1 unspecified atom stereocenters. The van der Waals surface area contributed by atoms with Crippen molar-refractivity contribution in [2.24, 2.45) is 10.7 Å². The molecule has 0 saturated carbocycles. The van der Waals surface area contributed by atoms with E-state index >= 15 is 0 Å². The van der Waals surface area contributed by atoms with Crippen molar-refractivity contribution in [2.45, 2.75) is 18.4 Å². The van der Waals surface area contributed by atoms with Crippen molar-refractivity contribution >= 4 is 84.8 Å². The zero-order valence-corrected chi connectivity index (χ0v) is 24.0. The lowest BCUT2D eigenvalue weighted by Crippen LogP contribution is -2.52. The quantitative estimate of drug-likeness (QED) is 0.214. The van der Waals surface area contributed by atoms with Gasteiger partial charge in [-0.25, -0.2) is 15.0 Å². The van der Waals surface area contributed by atoms with E-state index in [1.807, 2.05) is 47.4 Å². The molecule has 2 aromatic carbocycles. The van der Waals surface area contributed by atoms with E-state index in [4.69, 9.17) is 17.3 Å². The normalized spacial score (nSPS) is 19.9. The molecule has 6 rings (SSSR count). The fourth-order valence-corrected chi connectivity index (χ4v) is 6.59. The van der Waals surface area contributed by atoms with E-state index in [-0.39, 0.29) is 5.91 Å². The van der Waals surface area contributed by atoms with Gasteiger partial charge in [0.1, 0.15) is 22.3 Å². The average Bonchev–Trinajstić information content (AvgIpc) is 3.53. The summed E-state index contributed by atoms with van der Waals surface area (Å²) < 4.78 is 0.662. The Kier molecular flexibility index (Phi) is 7.03. The first-order valence-electron chi connectivity index (χ1n) is 12.3. The first-order valence-corrected chi connectivity index (χ1v) is 14.3. The van der Waals surface area contributed by atoms with E-state index in [1.54, 1.807) is 24.3 Å². The van der Waals surface area contributed by atoms with Crippen LogP contribution in [-0.2, 0) is 15.1 Å². The van der Waals surface area contributed by atoms with Gasteiger partial charge in [0.05, 0.1) is 16.1 Å². The molecule has 9 nitrogen and oxygen atoms in total. The zero-order valence-electron chi connectivity index (χ0n) is 20.8. The Morgan fingerprint density at radius 2 is 2.00 bits per heavy atom. The molecule has 2 aliphatic heterocycles. The largest absolute Gasteiger partial charge is 0.367 e. The summed E-state index contributed by atoms with van der Waals surface area (Å²) in [5.41, 5.74) is 7.69. The number of thioether (sulfide) groups is 1. The number of nitrogens with one attached hydrogen (secondary N) is 1. The standard InChI is InChI=1S/C28H21BrClN7O2S/c29-23-7-2-6-19(34-23)14-22-25(38)36-27(40-22)37-11-3-10-28(37,26(31)39)16-8-9-21-20(12-16)24(33-15-32-21)35-18-5-1-4-17(30)13-18/h1-2,4-9,12-15H,3,10-11H2,(H2,31,39)(H,32,33,35). The Morgan fingerprint density at radius 1 is 1.15 bits per heavy atom. The summed E-state index contributed by atoms with van der Waals surface area (Å²) in [6.45, 7) is 0.515. The summed E-state index contributed by atoms with van der Waals surface area (Å²) >= 11 is 10.7. The lowest BCUT2D eigenvalue weighted by Gasteiger charge is -2.37. The Balaban J connectivity index is 1.38. The first kappa shape index (κ1) is 26.4. The molecule has 2 amide bonds. The van der Waals surface area contributed by atoms with Crippen molar-refractivity contribution in [2.75, 3.05) is 11.9 Å². The third-order valence-corrected chi connectivity index (χ3v) is 8.53. The number of amides is 2. The monoisotopic (exact) mass is 633 g/mol. The molecule has 4 heterocycles. The predicted molar refractivity (Wildman–Crippen MR) is 161 cm³/mol. The Bertz CT molecular complexity index is 1750. The molecule has 1 atom stereocenters. The minimum atomic E-state index is -1.20. The van der Waals surface area contributed by atoms with Crippen LogP contribution in [0.5, 0.6) is 0 Å². The van der Waals surface area contributed by atoms with Crippen LogP contribution in [0.1, 0.15) is 24.1 Å². The number of halogens is 2. The number of nitrogens with zero attached hydrogens (tertiary/aromatic N) is 5. The van der Waals surface area contributed by atoms with Gasteiger partial charge >= 0.3 is 0 Å². The Morgan fingerprint density at radius 3 is 2.80 bits per heavy atom. The van der Waals surface area contributed by atoms with Gasteiger partial charge in [-0.2, -0.15) is 4.99 Å². The predicted octanol–water partition coefficient (Wildman–Crippen LogP) is 5.63. The molecule has 0 aliphatic carbocycles.